The van der Waals surface area contributed by atoms with Crippen LogP contribution >= 0.6 is 0 Å². The maximum atomic E-state index is 4.80. The first-order valence-electron chi connectivity index (χ1n) is 13.8. The molecule has 0 spiro atoms. The molecule has 1 nitrogen and oxygen atoms in total. The molecule has 0 saturated heterocycles. The quantitative estimate of drug-likeness (QED) is 0.244. The molecule has 0 fully saturated rings. The third-order valence-electron chi connectivity index (χ3n) is 6.31. The zero-order valence-corrected chi connectivity index (χ0v) is 23.3. The fourth-order valence-electron chi connectivity index (χ4n) is 4.14. The number of hydrogen-bond acceptors (Lipinski definition) is 1. The Morgan fingerprint density at radius 3 is 1.95 bits per heavy atom. The van der Waals surface area contributed by atoms with Gasteiger partial charge in [-0.25, -0.2) is 4.99 Å². The summed E-state index contributed by atoms with van der Waals surface area (Å²) in [6.45, 7) is 7.97. The highest BCUT2D eigenvalue weighted by atomic mass is 14.7. The minimum Gasteiger partial charge on any atom is -0.248 e. The van der Waals surface area contributed by atoms with Crippen LogP contribution in [0.25, 0.3) is 17.2 Å². The van der Waals surface area contributed by atoms with Gasteiger partial charge in [0.1, 0.15) is 0 Å². The first-order valence-corrected chi connectivity index (χ1v) is 13.8. The van der Waals surface area contributed by atoms with E-state index < -0.39 is 0 Å². The topological polar surface area (TPSA) is 12.4 Å². The van der Waals surface area contributed by atoms with Crippen LogP contribution in [0, 0.1) is 0 Å². The van der Waals surface area contributed by atoms with Crippen LogP contribution in [0.2, 0.25) is 0 Å². The van der Waals surface area contributed by atoms with Gasteiger partial charge in [0.2, 0.25) is 0 Å². The second-order valence-corrected chi connectivity index (χ2v) is 9.33. The summed E-state index contributed by atoms with van der Waals surface area (Å²) in [4.78, 5) is 4.80. The molecule has 4 rings (SSSR count). The normalized spacial score (nSPS) is 18.0. The van der Waals surface area contributed by atoms with E-state index in [0.29, 0.717) is 0 Å². The smallest absolute Gasteiger partial charge is 0.0703 e. The second-order valence-electron chi connectivity index (χ2n) is 9.33. The zero-order chi connectivity index (χ0) is 28.5. The Labute approximate surface area is 245 Å². The minimum absolute atomic E-state index is 0.864. The van der Waals surface area contributed by atoms with Crippen molar-refractivity contribution in [2.45, 2.75) is 6.42 Å². The number of nitrogens with zero attached hydrogens (tertiary/aromatic N) is 1. The SMILES string of the molecule is C=C\C=C/C(=C\C=C\C(=C/C=C\c1ccc(N=C2/C=C\C=C/C/C=C\C2=C)cc1)c1ccccc1)c1ccccc1. The fourth-order valence-corrected chi connectivity index (χ4v) is 4.14. The summed E-state index contributed by atoms with van der Waals surface area (Å²) in [5.74, 6) is 0. The Hall–Kier alpha value is -5.27. The molecule has 0 bridgehead atoms. The number of allylic oxidation sites excluding steroid dienone is 17. The third-order valence-corrected chi connectivity index (χ3v) is 6.31. The third kappa shape index (κ3) is 9.45. The van der Waals surface area contributed by atoms with Crippen molar-refractivity contribution >= 4 is 28.6 Å². The Morgan fingerprint density at radius 2 is 1.29 bits per heavy atom. The Kier molecular flexibility index (Phi) is 11.2. The Morgan fingerprint density at radius 1 is 0.659 bits per heavy atom. The molecule has 1 heteroatoms. The molecule has 0 unspecified atom stereocenters. The van der Waals surface area contributed by atoms with E-state index in [2.05, 4.69) is 129 Å². The van der Waals surface area contributed by atoms with Gasteiger partial charge in [0, 0.05) is 0 Å². The van der Waals surface area contributed by atoms with E-state index >= 15 is 0 Å². The lowest BCUT2D eigenvalue weighted by Gasteiger charge is -2.03. The van der Waals surface area contributed by atoms with Crippen LogP contribution in [0.5, 0.6) is 0 Å². The highest BCUT2D eigenvalue weighted by molar-refractivity contribution is 6.11. The molecule has 1 aliphatic rings. The van der Waals surface area contributed by atoms with E-state index in [1.807, 2.05) is 54.6 Å². The number of aliphatic imine (C=N–C) groups is 1. The maximum absolute atomic E-state index is 4.80. The van der Waals surface area contributed by atoms with Gasteiger partial charge in [0.15, 0.2) is 0 Å². The molecular weight excluding hydrogens is 494 g/mol. The molecular formula is C40H35N. The summed E-state index contributed by atoms with van der Waals surface area (Å²) >= 11 is 0. The van der Waals surface area contributed by atoms with E-state index in [4.69, 9.17) is 4.99 Å². The number of hydrogen-bond donors (Lipinski definition) is 0. The average molecular weight is 530 g/mol. The lowest BCUT2D eigenvalue weighted by Crippen LogP contribution is -1.94. The summed E-state index contributed by atoms with van der Waals surface area (Å²) in [5, 5.41) is 0. The first kappa shape index (κ1) is 28.7. The van der Waals surface area contributed by atoms with Crippen LogP contribution in [0.4, 0.5) is 5.69 Å². The van der Waals surface area contributed by atoms with Gasteiger partial charge >= 0.3 is 0 Å². The first-order chi connectivity index (χ1) is 20.2. The molecule has 1 aliphatic carbocycles. The van der Waals surface area contributed by atoms with Gasteiger partial charge < -0.3 is 0 Å². The van der Waals surface area contributed by atoms with Crippen LogP contribution in [0.3, 0.4) is 0 Å². The van der Waals surface area contributed by atoms with Gasteiger partial charge in [0.25, 0.3) is 0 Å². The average Bonchev–Trinajstić information content (AvgIpc) is 3.11. The van der Waals surface area contributed by atoms with Gasteiger partial charge in [0.05, 0.1) is 11.4 Å². The van der Waals surface area contributed by atoms with Crippen molar-refractivity contribution in [1.82, 2.24) is 0 Å². The van der Waals surface area contributed by atoms with Gasteiger partial charge in [-0.05, 0) is 58.0 Å². The maximum Gasteiger partial charge on any atom is 0.0703 e. The van der Waals surface area contributed by atoms with Gasteiger partial charge in [-0.15, -0.1) is 0 Å². The van der Waals surface area contributed by atoms with E-state index in [0.717, 1.165) is 51.2 Å². The predicted octanol–water partition coefficient (Wildman–Crippen LogP) is 10.9. The summed E-state index contributed by atoms with van der Waals surface area (Å²) in [6, 6.07) is 29.0. The molecule has 0 aliphatic heterocycles. The molecule has 3 aromatic rings. The molecule has 200 valence electrons. The van der Waals surface area contributed by atoms with Crippen LogP contribution in [-0.4, -0.2) is 5.71 Å². The molecule has 0 heterocycles. The van der Waals surface area contributed by atoms with Crippen molar-refractivity contribution in [3.05, 3.63) is 205 Å². The van der Waals surface area contributed by atoms with Crippen molar-refractivity contribution < 1.29 is 0 Å². The lowest BCUT2D eigenvalue weighted by atomic mass is 10.0. The van der Waals surface area contributed by atoms with Crippen molar-refractivity contribution in [3.63, 3.8) is 0 Å². The van der Waals surface area contributed by atoms with Crippen molar-refractivity contribution in [1.29, 1.82) is 0 Å². The van der Waals surface area contributed by atoms with Crippen LogP contribution in [0.15, 0.2) is 194 Å². The van der Waals surface area contributed by atoms with Crippen LogP contribution in [-0.2, 0) is 0 Å². The van der Waals surface area contributed by atoms with E-state index in [1.54, 1.807) is 6.08 Å². The molecule has 0 N–H and O–H groups in total. The summed E-state index contributed by atoms with van der Waals surface area (Å²) in [7, 11) is 0. The summed E-state index contributed by atoms with van der Waals surface area (Å²) in [5.41, 5.74) is 8.33. The Balaban J connectivity index is 1.55. The highest BCUT2D eigenvalue weighted by Crippen LogP contribution is 2.20. The largest absolute Gasteiger partial charge is 0.248 e. The standard InChI is InChI=1S/C40H35N/c1-3-4-20-35(36-21-11-8-12-22-36)26-17-27-38(37-23-13-9-14-24-37)25-16-19-34-29-31-39(32-30-34)41-40-28-15-7-5-6-10-18-33(40)2/h3-5,7-32H,1-2,6H2/b7-5-,18-10-,19-16-,20-4-,27-17+,28-15-,35-26+,38-25+,41-40?. The van der Waals surface area contributed by atoms with Crippen molar-refractivity contribution in [2.24, 2.45) is 4.99 Å². The van der Waals surface area contributed by atoms with E-state index in [1.165, 1.54) is 0 Å². The fraction of sp³-hybridized carbons (Fsp3) is 0.0250. The number of rotatable bonds is 9. The highest BCUT2D eigenvalue weighted by Gasteiger charge is 2.00. The van der Waals surface area contributed by atoms with E-state index in [-0.39, 0.29) is 0 Å². The monoisotopic (exact) mass is 529 g/mol. The van der Waals surface area contributed by atoms with Crippen LogP contribution < -0.4 is 0 Å². The van der Waals surface area contributed by atoms with Gasteiger partial charge in [-0.3, -0.25) is 0 Å². The summed E-state index contributed by atoms with van der Waals surface area (Å²) < 4.78 is 0. The van der Waals surface area contributed by atoms with E-state index in [9.17, 15) is 0 Å². The van der Waals surface area contributed by atoms with Crippen molar-refractivity contribution in [2.75, 3.05) is 0 Å². The molecule has 0 amide bonds. The van der Waals surface area contributed by atoms with Gasteiger partial charge in [-0.1, -0.05) is 171 Å². The second kappa shape index (κ2) is 16.0. The Bertz CT molecular complexity index is 1580. The minimum atomic E-state index is 0.864. The van der Waals surface area contributed by atoms with Gasteiger partial charge in [-0.2, -0.15) is 0 Å². The molecule has 0 saturated carbocycles. The molecule has 0 aromatic heterocycles. The lowest BCUT2D eigenvalue weighted by molar-refractivity contribution is 1.39. The molecule has 3 aromatic carbocycles. The molecule has 41 heavy (non-hydrogen) atoms. The van der Waals surface area contributed by atoms with Crippen molar-refractivity contribution in [3.8, 4) is 0 Å². The summed E-state index contributed by atoms with van der Waals surface area (Å²) in [6.07, 6.45) is 31.7. The number of benzene rings is 3. The molecule has 0 atom stereocenters. The van der Waals surface area contributed by atoms with Crippen LogP contribution in [0.1, 0.15) is 23.1 Å². The molecule has 0 radical (unpaired) electrons. The zero-order valence-electron chi connectivity index (χ0n) is 23.3. The predicted molar refractivity (Wildman–Crippen MR) is 181 cm³/mol.